The summed E-state index contributed by atoms with van der Waals surface area (Å²) in [6, 6.07) is -0.423. The van der Waals surface area contributed by atoms with Crippen LogP contribution >= 0.6 is 0 Å². The fourth-order valence-electron chi connectivity index (χ4n) is 2.05. The van der Waals surface area contributed by atoms with E-state index in [4.69, 9.17) is 9.47 Å². The van der Waals surface area contributed by atoms with E-state index in [0.29, 0.717) is 13.2 Å². The molecule has 0 saturated heterocycles. The number of esters is 1. The van der Waals surface area contributed by atoms with E-state index >= 15 is 0 Å². The Hall–Kier alpha value is -1.95. The van der Waals surface area contributed by atoms with E-state index in [1.165, 1.54) is 0 Å². The van der Waals surface area contributed by atoms with Crippen molar-refractivity contribution in [1.29, 1.82) is 0 Å². The van der Waals surface area contributed by atoms with Crippen LogP contribution in [0.15, 0.2) is 35.4 Å². The lowest BCUT2D eigenvalue weighted by Crippen LogP contribution is -2.40. The molecule has 0 radical (unpaired) electrons. The highest BCUT2D eigenvalue weighted by Gasteiger charge is 2.28. The molecular weight excluding hydrogens is 246 g/mol. The zero-order valence-corrected chi connectivity index (χ0v) is 11.4. The van der Waals surface area contributed by atoms with Crippen LogP contribution in [0.1, 0.15) is 6.92 Å². The number of carbonyl (C=O) groups excluding carboxylic acids is 1. The molecule has 2 heterocycles. The number of hydrazine groups is 1. The number of rotatable bonds is 4. The molecule has 2 rings (SSSR count). The molecule has 1 atom stereocenters. The highest BCUT2D eigenvalue weighted by Crippen LogP contribution is 2.21. The minimum absolute atomic E-state index is 0.262. The Morgan fingerprint density at radius 2 is 2.32 bits per heavy atom. The van der Waals surface area contributed by atoms with Gasteiger partial charge in [-0.1, -0.05) is 0 Å². The molecule has 6 nitrogen and oxygen atoms in total. The fourth-order valence-corrected chi connectivity index (χ4v) is 2.05. The molecule has 1 unspecified atom stereocenters. The summed E-state index contributed by atoms with van der Waals surface area (Å²) in [5.41, 5.74) is 5.11. The molecule has 0 amide bonds. The Balaban J connectivity index is 2.12. The molecule has 2 aliphatic rings. The van der Waals surface area contributed by atoms with Gasteiger partial charge in [0.05, 0.1) is 19.4 Å². The summed E-state index contributed by atoms with van der Waals surface area (Å²) in [6.45, 7) is 2.84. The van der Waals surface area contributed by atoms with Crippen LogP contribution < -0.4 is 10.7 Å². The van der Waals surface area contributed by atoms with Crippen LogP contribution in [0.5, 0.6) is 0 Å². The number of nitrogens with one attached hydrogen (secondary N) is 2. The highest BCUT2D eigenvalue weighted by atomic mass is 16.5. The van der Waals surface area contributed by atoms with Crippen LogP contribution in [-0.4, -0.2) is 44.3 Å². The molecule has 6 heteroatoms. The Morgan fingerprint density at radius 3 is 2.89 bits per heavy atom. The van der Waals surface area contributed by atoms with Crippen molar-refractivity contribution >= 4 is 5.97 Å². The van der Waals surface area contributed by atoms with Crippen LogP contribution in [0.4, 0.5) is 0 Å². The molecule has 0 aromatic heterocycles. The van der Waals surface area contributed by atoms with E-state index in [0.717, 1.165) is 17.2 Å². The standard InChI is InChI=1S/C13H19N3O3/c1-4-19-13(17)10-7-11(16(2)15-10)9-5-6-12(18-3)14-8-9/h5-7,10,14-15H,4,8H2,1-3H3. The molecule has 0 saturated carbocycles. The molecule has 19 heavy (non-hydrogen) atoms. The SMILES string of the molecule is CCOC(=O)C1C=C(C2=CC=C(OC)NC2)N(C)N1. The van der Waals surface area contributed by atoms with Gasteiger partial charge in [-0.2, -0.15) is 0 Å². The quantitative estimate of drug-likeness (QED) is 0.711. The molecule has 2 N–H and O–H groups in total. The Bertz CT molecular complexity index is 454. The largest absolute Gasteiger partial charge is 0.483 e. The van der Waals surface area contributed by atoms with E-state index < -0.39 is 6.04 Å². The van der Waals surface area contributed by atoms with E-state index in [1.807, 2.05) is 30.3 Å². The number of hydrogen-bond acceptors (Lipinski definition) is 6. The summed E-state index contributed by atoms with van der Waals surface area (Å²) < 4.78 is 10.1. The molecule has 2 aliphatic heterocycles. The van der Waals surface area contributed by atoms with E-state index in [-0.39, 0.29) is 5.97 Å². The lowest BCUT2D eigenvalue weighted by atomic mass is 10.1. The summed E-state index contributed by atoms with van der Waals surface area (Å²) in [7, 11) is 3.50. The van der Waals surface area contributed by atoms with Gasteiger partial charge in [0.1, 0.15) is 6.04 Å². The molecule has 0 bridgehead atoms. The lowest BCUT2D eigenvalue weighted by molar-refractivity contribution is -0.144. The van der Waals surface area contributed by atoms with E-state index in [2.05, 4.69) is 10.7 Å². The zero-order chi connectivity index (χ0) is 13.8. The van der Waals surface area contributed by atoms with E-state index in [9.17, 15) is 4.79 Å². The number of allylic oxidation sites excluding steroid dienone is 2. The summed E-state index contributed by atoms with van der Waals surface area (Å²) >= 11 is 0. The van der Waals surface area contributed by atoms with Crippen molar-refractivity contribution in [1.82, 2.24) is 15.8 Å². The predicted octanol–water partition coefficient (Wildman–Crippen LogP) is 0.269. The van der Waals surface area contributed by atoms with Gasteiger partial charge in [0, 0.05) is 13.6 Å². The maximum Gasteiger partial charge on any atom is 0.329 e. The number of dihydropyridines is 1. The summed E-state index contributed by atoms with van der Waals surface area (Å²) in [5, 5.41) is 4.98. The lowest BCUT2D eigenvalue weighted by Gasteiger charge is -2.22. The van der Waals surface area contributed by atoms with Crippen LogP contribution in [0.3, 0.4) is 0 Å². The molecule has 0 aromatic rings. The smallest absolute Gasteiger partial charge is 0.329 e. The number of methoxy groups -OCH3 is 1. The number of nitrogens with zero attached hydrogens (tertiary/aromatic N) is 1. The van der Waals surface area contributed by atoms with E-state index in [1.54, 1.807) is 14.0 Å². The van der Waals surface area contributed by atoms with Crippen molar-refractivity contribution < 1.29 is 14.3 Å². The van der Waals surface area contributed by atoms with Gasteiger partial charge >= 0.3 is 5.97 Å². The van der Waals surface area contributed by atoms with Gasteiger partial charge in [-0.15, -0.1) is 0 Å². The topological polar surface area (TPSA) is 62.8 Å². The van der Waals surface area contributed by atoms with Crippen LogP contribution in [0, 0.1) is 0 Å². The number of likely N-dealkylation sites (N-methyl/N-ethyl adjacent to an activating group) is 1. The van der Waals surface area contributed by atoms with Gasteiger partial charge in [0.2, 0.25) is 0 Å². The summed E-state index contributed by atoms with van der Waals surface area (Å²) in [4.78, 5) is 11.7. The Labute approximate surface area is 112 Å². The van der Waals surface area contributed by atoms with Gasteiger partial charge in [0.25, 0.3) is 0 Å². The first-order valence-electron chi connectivity index (χ1n) is 6.23. The molecule has 0 spiro atoms. The predicted molar refractivity (Wildman–Crippen MR) is 70.6 cm³/mol. The van der Waals surface area contributed by atoms with Crippen molar-refractivity contribution in [3.63, 3.8) is 0 Å². The monoisotopic (exact) mass is 265 g/mol. The normalized spacial score (nSPS) is 22.2. The first-order valence-corrected chi connectivity index (χ1v) is 6.23. The molecule has 0 fully saturated rings. The Kier molecular flexibility index (Phi) is 4.11. The van der Waals surface area contributed by atoms with Crippen molar-refractivity contribution in [2.24, 2.45) is 0 Å². The van der Waals surface area contributed by atoms with Gasteiger partial charge < -0.3 is 19.8 Å². The van der Waals surface area contributed by atoms with Gasteiger partial charge in [-0.05, 0) is 30.7 Å². The second-order valence-corrected chi connectivity index (χ2v) is 4.25. The minimum atomic E-state index is -0.423. The van der Waals surface area contributed by atoms with Crippen LogP contribution in [0.25, 0.3) is 0 Å². The average molecular weight is 265 g/mol. The average Bonchev–Trinajstić information content (AvgIpc) is 2.81. The number of ether oxygens (including phenoxy) is 2. The highest BCUT2D eigenvalue weighted by molar-refractivity contribution is 5.79. The minimum Gasteiger partial charge on any atom is -0.483 e. The maximum atomic E-state index is 11.7. The molecular formula is C13H19N3O3. The molecule has 104 valence electrons. The molecule has 0 aromatic carbocycles. The number of carbonyl (C=O) groups is 1. The third-order valence-electron chi connectivity index (χ3n) is 3.00. The van der Waals surface area contributed by atoms with Gasteiger partial charge in [-0.25, -0.2) is 10.2 Å². The third-order valence-corrected chi connectivity index (χ3v) is 3.00. The summed E-state index contributed by atoms with van der Waals surface area (Å²) in [5.74, 6) is 0.474. The first kappa shape index (κ1) is 13.5. The van der Waals surface area contributed by atoms with Crippen LogP contribution in [-0.2, 0) is 14.3 Å². The van der Waals surface area contributed by atoms with Crippen molar-refractivity contribution in [3.8, 4) is 0 Å². The summed E-state index contributed by atoms with van der Waals surface area (Å²) in [6.07, 6.45) is 5.72. The van der Waals surface area contributed by atoms with Crippen LogP contribution in [0.2, 0.25) is 0 Å². The van der Waals surface area contributed by atoms with Crippen molar-refractivity contribution in [2.75, 3.05) is 27.3 Å². The van der Waals surface area contributed by atoms with Gasteiger partial charge in [-0.3, -0.25) is 0 Å². The molecule has 0 aliphatic carbocycles. The third kappa shape index (κ3) is 2.90. The second-order valence-electron chi connectivity index (χ2n) is 4.25. The van der Waals surface area contributed by atoms with Gasteiger partial charge in [0.15, 0.2) is 5.88 Å². The van der Waals surface area contributed by atoms with Crippen molar-refractivity contribution in [3.05, 3.63) is 35.4 Å². The zero-order valence-electron chi connectivity index (χ0n) is 11.4. The second kappa shape index (κ2) is 5.79. The van der Waals surface area contributed by atoms with Crippen molar-refractivity contribution in [2.45, 2.75) is 13.0 Å². The Morgan fingerprint density at radius 1 is 1.53 bits per heavy atom. The fraction of sp³-hybridized carbons (Fsp3) is 0.462. The maximum absolute atomic E-state index is 11.7. The first-order chi connectivity index (χ1) is 9.15. The number of hydrogen-bond donors (Lipinski definition) is 2.